The molecule has 1 fully saturated rings. The van der Waals surface area contributed by atoms with Gasteiger partial charge in [0.25, 0.3) is 0 Å². The second kappa shape index (κ2) is 9.19. The van der Waals surface area contributed by atoms with Gasteiger partial charge in [0.15, 0.2) is 0 Å². The van der Waals surface area contributed by atoms with Crippen molar-refractivity contribution in [2.24, 2.45) is 0 Å². The summed E-state index contributed by atoms with van der Waals surface area (Å²) in [6.45, 7) is 8.37. The zero-order chi connectivity index (χ0) is 20.0. The minimum Gasteiger partial charge on any atom is -0.444 e. The molecule has 2 amide bonds. The van der Waals surface area contributed by atoms with Gasteiger partial charge in [-0.1, -0.05) is 30.3 Å². The number of piperazine rings is 1. The average Bonchev–Trinajstić information content (AvgIpc) is 2.59. The van der Waals surface area contributed by atoms with E-state index in [0.717, 1.165) is 5.56 Å². The molecule has 0 radical (unpaired) electrons. The molecule has 3 unspecified atom stereocenters. The van der Waals surface area contributed by atoms with Crippen LogP contribution in [-0.4, -0.2) is 65.4 Å². The highest BCUT2D eigenvalue weighted by molar-refractivity contribution is 5.73. The molecule has 0 aromatic heterocycles. The Morgan fingerprint density at radius 1 is 1.33 bits per heavy atom. The number of rotatable bonds is 5. The number of amides is 2. The molecule has 27 heavy (non-hydrogen) atoms. The standard InChI is InChI=1S/C20H31N3O4/c1-14(24)22-16(12-15-8-6-5-7-9-15)18(25)17-13-21-10-11-23(17)19(26)27-20(2,3)4/h5-9,16-18,21,25H,10-13H2,1-4H3,(H,22,24). The van der Waals surface area contributed by atoms with Crippen LogP contribution in [0.25, 0.3) is 0 Å². The predicted molar refractivity (Wildman–Crippen MR) is 103 cm³/mol. The minimum atomic E-state index is -0.936. The van der Waals surface area contributed by atoms with E-state index in [-0.39, 0.29) is 5.91 Å². The number of aliphatic hydroxyl groups is 1. The van der Waals surface area contributed by atoms with Crippen molar-refractivity contribution in [1.82, 2.24) is 15.5 Å². The summed E-state index contributed by atoms with van der Waals surface area (Å²) in [5.41, 5.74) is 0.390. The van der Waals surface area contributed by atoms with Gasteiger partial charge in [0, 0.05) is 26.6 Å². The van der Waals surface area contributed by atoms with E-state index in [4.69, 9.17) is 4.74 Å². The molecule has 1 heterocycles. The van der Waals surface area contributed by atoms with Crippen LogP contribution in [0.15, 0.2) is 30.3 Å². The van der Waals surface area contributed by atoms with E-state index < -0.39 is 29.9 Å². The highest BCUT2D eigenvalue weighted by Crippen LogP contribution is 2.18. The molecule has 7 heteroatoms. The number of benzene rings is 1. The van der Waals surface area contributed by atoms with Gasteiger partial charge in [0.05, 0.1) is 18.2 Å². The van der Waals surface area contributed by atoms with Crippen LogP contribution in [-0.2, 0) is 16.0 Å². The lowest BCUT2D eigenvalue weighted by Crippen LogP contribution is -2.63. The van der Waals surface area contributed by atoms with Gasteiger partial charge in [-0.3, -0.25) is 9.69 Å². The lowest BCUT2D eigenvalue weighted by atomic mass is 9.94. The largest absolute Gasteiger partial charge is 0.444 e. The van der Waals surface area contributed by atoms with E-state index in [2.05, 4.69) is 10.6 Å². The molecular weight excluding hydrogens is 346 g/mol. The molecule has 0 spiro atoms. The maximum Gasteiger partial charge on any atom is 0.410 e. The maximum atomic E-state index is 12.6. The number of ether oxygens (including phenoxy) is 1. The maximum absolute atomic E-state index is 12.6. The molecule has 0 saturated carbocycles. The molecule has 0 bridgehead atoms. The molecule has 1 aliphatic heterocycles. The molecule has 1 aliphatic rings. The number of carbonyl (C=O) groups excluding carboxylic acids is 2. The molecule has 1 aromatic carbocycles. The Morgan fingerprint density at radius 2 is 2.00 bits per heavy atom. The third kappa shape index (κ3) is 6.52. The molecular formula is C20H31N3O4. The van der Waals surface area contributed by atoms with Crippen LogP contribution in [0, 0.1) is 0 Å². The zero-order valence-electron chi connectivity index (χ0n) is 16.6. The van der Waals surface area contributed by atoms with Gasteiger partial charge in [0.1, 0.15) is 5.60 Å². The number of carbonyl (C=O) groups is 2. The van der Waals surface area contributed by atoms with Crippen LogP contribution < -0.4 is 10.6 Å². The SMILES string of the molecule is CC(=O)NC(Cc1ccccc1)C(O)C1CNCCN1C(=O)OC(C)(C)C. The average molecular weight is 377 g/mol. The Bertz CT molecular complexity index is 630. The number of hydrogen-bond donors (Lipinski definition) is 3. The van der Waals surface area contributed by atoms with Crippen LogP contribution in [0.3, 0.4) is 0 Å². The van der Waals surface area contributed by atoms with Gasteiger partial charge in [-0.2, -0.15) is 0 Å². The summed E-state index contributed by atoms with van der Waals surface area (Å²) >= 11 is 0. The molecule has 0 aliphatic carbocycles. The predicted octanol–water partition coefficient (Wildman–Crippen LogP) is 1.30. The fourth-order valence-electron chi connectivity index (χ4n) is 3.23. The Morgan fingerprint density at radius 3 is 2.59 bits per heavy atom. The van der Waals surface area contributed by atoms with Crippen molar-refractivity contribution < 1.29 is 19.4 Å². The van der Waals surface area contributed by atoms with E-state index in [0.29, 0.717) is 26.1 Å². The van der Waals surface area contributed by atoms with Crippen molar-refractivity contribution in [2.75, 3.05) is 19.6 Å². The third-order valence-electron chi connectivity index (χ3n) is 4.40. The number of aliphatic hydroxyl groups excluding tert-OH is 1. The molecule has 3 atom stereocenters. The van der Waals surface area contributed by atoms with E-state index in [1.165, 1.54) is 6.92 Å². The Kier molecular flexibility index (Phi) is 7.21. The van der Waals surface area contributed by atoms with Crippen LogP contribution >= 0.6 is 0 Å². The van der Waals surface area contributed by atoms with Gasteiger partial charge in [0.2, 0.25) is 5.91 Å². The Labute approximate surface area is 161 Å². The molecule has 2 rings (SSSR count). The number of hydrogen-bond acceptors (Lipinski definition) is 5. The van der Waals surface area contributed by atoms with Crippen LogP contribution in [0.5, 0.6) is 0 Å². The summed E-state index contributed by atoms with van der Waals surface area (Å²) < 4.78 is 5.50. The van der Waals surface area contributed by atoms with Crippen LogP contribution in [0.2, 0.25) is 0 Å². The molecule has 1 saturated heterocycles. The van der Waals surface area contributed by atoms with Crippen molar-refractivity contribution in [1.29, 1.82) is 0 Å². The molecule has 150 valence electrons. The van der Waals surface area contributed by atoms with Gasteiger partial charge in [-0.05, 0) is 32.8 Å². The van der Waals surface area contributed by atoms with Gasteiger partial charge in [-0.25, -0.2) is 4.79 Å². The lowest BCUT2D eigenvalue weighted by Gasteiger charge is -2.41. The third-order valence-corrected chi connectivity index (χ3v) is 4.40. The van der Waals surface area contributed by atoms with E-state index in [1.807, 2.05) is 51.1 Å². The highest BCUT2D eigenvalue weighted by atomic mass is 16.6. The summed E-state index contributed by atoms with van der Waals surface area (Å²) in [5.74, 6) is -0.220. The van der Waals surface area contributed by atoms with Crippen molar-refractivity contribution in [3.05, 3.63) is 35.9 Å². The smallest absolute Gasteiger partial charge is 0.410 e. The summed E-state index contributed by atoms with van der Waals surface area (Å²) in [7, 11) is 0. The van der Waals surface area contributed by atoms with Crippen molar-refractivity contribution in [3.63, 3.8) is 0 Å². The Balaban J connectivity index is 2.18. The van der Waals surface area contributed by atoms with Crippen molar-refractivity contribution in [3.8, 4) is 0 Å². The topological polar surface area (TPSA) is 90.9 Å². The lowest BCUT2D eigenvalue weighted by molar-refractivity contribution is -0.121. The van der Waals surface area contributed by atoms with Gasteiger partial charge < -0.3 is 20.5 Å². The highest BCUT2D eigenvalue weighted by Gasteiger charge is 2.38. The fraction of sp³-hybridized carbons (Fsp3) is 0.600. The van der Waals surface area contributed by atoms with Gasteiger partial charge >= 0.3 is 6.09 Å². The van der Waals surface area contributed by atoms with Gasteiger partial charge in [-0.15, -0.1) is 0 Å². The van der Waals surface area contributed by atoms with E-state index in [1.54, 1.807) is 4.90 Å². The fourth-order valence-corrected chi connectivity index (χ4v) is 3.23. The first kappa shape index (κ1) is 21.2. The second-order valence-corrected chi connectivity index (χ2v) is 7.93. The first-order valence-corrected chi connectivity index (χ1v) is 9.37. The first-order valence-electron chi connectivity index (χ1n) is 9.37. The van der Waals surface area contributed by atoms with Crippen LogP contribution in [0.1, 0.15) is 33.3 Å². The van der Waals surface area contributed by atoms with Crippen molar-refractivity contribution >= 4 is 12.0 Å². The molecule has 3 N–H and O–H groups in total. The number of nitrogens with zero attached hydrogens (tertiary/aromatic N) is 1. The summed E-state index contributed by atoms with van der Waals surface area (Å²) in [5, 5.41) is 17.1. The monoisotopic (exact) mass is 377 g/mol. The summed E-state index contributed by atoms with van der Waals surface area (Å²) in [4.78, 5) is 25.9. The van der Waals surface area contributed by atoms with Crippen molar-refractivity contribution in [2.45, 2.75) is 57.9 Å². The Hall–Kier alpha value is -2.12. The number of nitrogens with one attached hydrogen (secondary N) is 2. The normalized spacial score (nSPS) is 19.9. The molecule has 1 aromatic rings. The second-order valence-electron chi connectivity index (χ2n) is 7.93. The minimum absolute atomic E-state index is 0.220. The van der Waals surface area contributed by atoms with E-state index >= 15 is 0 Å². The summed E-state index contributed by atoms with van der Waals surface area (Å²) in [6.07, 6.45) is -0.913. The van der Waals surface area contributed by atoms with Crippen LogP contribution in [0.4, 0.5) is 4.79 Å². The summed E-state index contributed by atoms with van der Waals surface area (Å²) in [6, 6.07) is 8.65. The first-order chi connectivity index (χ1) is 12.7. The molecule has 7 nitrogen and oxygen atoms in total. The quantitative estimate of drug-likeness (QED) is 0.720. The zero-order valence-corrected chi connectivity index (χ0v) is 16.6. The van der Waals surface area contributed by atoms with E-state index in [9.17, 15) is 14.7 Å².